The minimum atomic E-state index is -0.822. The summed E-state index contributed by atoms with van der Waals surface area (Å²) in [7, 11) is 0. The van der Waals surface area contributed by atoms with Crippen LogP contribution in [0.15, 0.2) is 5.10 Å². The van der Waals surface area contributed by atoms with Crippen molar-refractivity contribution < 1.29 is 19.1 Å². The van der Waals surface area contributed by atoms with Crippen LogP contribution in [0.4, 0.5) is 4.79 Å². The Hall–Kier alpha value is -2.64. The van der Waals surface area contributed by atoms with E-state index in [0.717, 1.165) is 17.9 Å². The molecule has 1 aromatic heterocycles. The Balaban J connectivity index is 1.80. The molecule has 3 amide bonds. The number of H-pyrrole nitrogens is 1. The predicted molar refractivity (Wildman–Crippen MR) is 99.6 cm³/mol. The molecular formula is C19H26N4O4. The van der Waals surface area contributed by atoms with E-state index in [0.29, 0.717) is 41.3 Å². The molecule has 0 atom stereocenters. The first-order valence-corrected chi connectivity index (χ1v) is 9.36. The molecule has 1 spiro atoms. The average molecular weight is 374 g/mol. The predicted octanol–water partition coefficient (Wildman–Crippen LogP) is 2.64. The van der Waals surface area contributed by atoms with Crippen LogP contribution in [-0.2, 0) is 9.53 Å². The monoisotopic (exact) mass is 374 g/mol. The molecule has 2 aliphatic rings. The van der Waals surface area contributed by atoms with Crippen molar-refractivity contribution in [1.29, 1.82) is 0 Å². The average Bonchev–Trinajstić information content (AvgIpc) is 3.02. The van der Waals surface area contributed by atoms with E-state index in [1.807, 2.05) is 0 Å². The van der Waals surface area contributed by atoms with Gasteiger partial charge >= 0.3 is 12.0 Å². The molecule has 0 radical (unpaired) electrons. The molecule has 1 aliphatic heterocycles. The van der Waals surface area contributed by atoms with Crippen LogP contribution >= 0.6 is 0 Å². The van der Waals surface area contributed by atoms with Crippen molar-refractivity contribution in [2.45, 2.75) is 58.9 Å². The molecule has 1 aliphatic carbocycles. The van der Waals surface area contributed by atoms with Crippen molar-refractivity contribution >= 4 is 24.1 Å². The lowest BCUT2D eigenvalue weighted by Crippen LogP contribution is -2.49. The number of hydrogen-bond acceptors (Lipinski definition) is 5. The van der Waals surface area contributed by atoms with Crippen LogP contribution in [0.5, 0.6) is 0 Å². The number of urea groups is 1. The number of hydrazone groups is 1. The first kappa shape index (κ1) is 19.1. The lowest BCUT2D eigenvalue weighted by atomic mass is 9.77. The molecule has 8 nitrogen and oxygen atoms in total. The van der Waals surface area contributed by atoms with Gasteiger partial charge in [0.2, 0.25) is 0 Å². The van der Waals surface area contributed by atoms with Gasteiger partial charge in [0.25, 0.3) is 5.91 Å². The summed E-state index contributed by atoms with van der Waals surface area (Å²) in [4.78, 5) is 40.3. The summed E-state index contributed by atoms with van der Waals surface area (Å²) in [6.45, 7) is 7.73. The van der Waals surface area contributed by atoms with Crippen molar-refractivity contribution in [2.75, 3.05) is 6.61 Å². The van der Waals surface area contributed by atoms with Crippen LogP contribution in [-0.4, -0.2) is 46.3 Å². The molecule has 1 aromatic rings. The summed E-state index contributed by atoms with van der Waals surface area (Å²) in [6, 6.07) is -0.502. The Bertz CT molecular complexity index is 803. The first-order chi connectivity index (χ1) is 12.8. The smallest absolute Gasteiger partial charge is 0.346 e. The fourth-order valence-electron chi connectivity index (χ4n) is 3.83. The van der Waals surface area contributed by atoms with Gasteiger partial charge in [-0.15, -0.1) is 5.01 Å². The molecule has 0 bridgehead atoms. The number of aromatic nitrogens is 1. The topological polar surface area (TPSA) is 104 Å². The van der Waals surface area contributed by atoms with Gasteiger partial charge in [-0.25, -0.2) is 9.59 Å². The highest BCUT2D eigenvalue weighted by atomic mass is 16.5. The molecule has 146 valence electrons. The third-order valence-electron chi connectivity index (χ3n) is 5.53. The minimum Gasteiger partial charge on any atom is -0.462 e. The second kappa shape index (κ2) is 7.17. The number of imide groups is 1. The number of ether oxygens (including phenoxy) is 1. The first-order valence-electron chi connectivity index (χ1n) is 9.36. The largest absolute Gasteiger partial charge is 0.462 e. The lowest BCUT2D eigenvalue weighted by Gasteiger charge is -2.33. The summed E-state index contributed by atoms with van der Waals surface area (Å²) in [6.07, 6.45) is 4.49. The summed E-state index contributed by atoms with van der Waals surface area (Å²) in [5, 5.41) is 7.84. The van der Waals surface area contributed by atoms with Crippen LogP contribution < -0.4 is 5.32 Å². The second-order valence-corrected chi connectivity index (χ2v) is 7.44. The van der Waals surface area contributed by atoms with E-state index in [1.54, 1.807) is 20.8 Å². The van der Waals surface area contributed by atoms with E-state index in [9.17, 15) is 14.4 Å². The van der Waals surface area contributed by atoms with Crippen molar-refractivity contribution in [3.05, 3.63) is 22.5 Å². The number of nitrogens with zero attached hydrogens (tertiary/aromatic N) is 2. The van der Waals surface area contributed by atoms with Crippen LogP contribution in [0, 0.1) is 19.8 Å². The van der Waals surface area contributed by atoms with Crippen LogP contribution in [0.25, 0.3) is 0 Å². The lowest BCUT2D eigenvalue weighted by molar-refractivity contribution is -0.132. The molecule has 2 fully saturated rings. The van der Waals surface area contributed by atoms with Gasteiger partial charge in [0.15, 0.2) is 0 Å². The van der Waals surface area contributed by atoms with Gasteiger partial charge in [-0.05, 0) is 57.9 Å². The summed E-state index contributed by atoms with van der Waals surface area (Å²) in [5.41, 5.74) is 1.52. The van der Waals surface area contributed by atoms with Crippen LogP contribution in [0.3, 0.4) is 0 Å². The van der Waals surface area contributed by atoms with Crippen molar-refractivity contribution in [3.8, 4) is 0 Å². The zero-order valence-corrected chi connectivity index (χ0v) is 16.2. The number of esters is 1. The normalized spacial score (nSPS) is 25.5. The SMILES string of the molecule is CCOC(=O)c1c(C)[nH]c(/C=N/N2C(=O)NC3(CCC(C)CC3)C2=O)c1C. The summed E-state index contributed by atoms with van der Waals surface area (Å²) < 4.78 is 5.07. The fraction of sp³-hybridized carbons (Fsp3) is 0.579. The van der Waals surface area contributed by atoms with E-state index in [4.69, 9.17) is 4.74 Å². The summed E-state index contributed by atoms with van der Waals surface area (Å²) in [5.74, 6) is -0.153. The van der Waals surface area contributed by atoms with E-state index < -0.39 is 17.5 Å². The van der Waals surface area contributed by atoms with Gasteiger partial charge in [0, 0.05) is 5.69 Å². The van der Waals surface area contributed by atoms with E-state index >= 15 is 0 Å². The number of amides is 3. The highest BCUT2D eigenvalue weighted by molar-refractivity contribution is 6.07. The number of aryl methyl sites for hydroxylation is 1. The van der Waals surface area contributed by atoms with Gasteiger partial charge in [0.1, 0.15) is 5.54 Å². The minimum absolute atomic E-state index is 0.287. The van der Waals surface area contributed by atoms with Crippen LogP contribution in [0.2, 0.25) is 0 Å². The molecule has 2 N–H and O–H groups in total. The van der Waals surface area contributed by atoms with Gasteiger partial charge < -0.3 is 15.0 Å². The standard InChI is InChI=1S/C19H26N4O4/c1-5-27-16(24)15-12(3)14(21-13(15)4)10-20-23-17(25)19(22-18(23)26)8-6-11(2)7-9-19/h10-11,21H,5-9H2,1-4H3,(H,22,26)/b20-10+. The third-order valence-corrected chi connectivity index (χ3v) is 5.53. The number of carbonyl (C=O) groups is 3. The quantitative estimate of drug-likeness (QED) is 0.480. The number of nitrogens with one attached hydrogen (secondary N) is 2. The van der Waals surface area contributed by atoms with E-state index in [1.165, 1.54) is 6.21 Å². The number of rotatable bonds is 4. The molecular weight excluding hydrogens is 348 g/mol. The highest BCUT2D eigenvalue weighted by Gasteiger charge is 2.52. The van der Waals surface area contributed by atoms with Crippen molar-refractivity contribution in [3.63, 3.8) is 0 Å². The number of carbonyl (C=O) groups excluding carboxylic acids is 3. The van der Waals surface area contributed by atoms with E-state index in [2.05, 4.69) is 22.3 Å². The Morgan fingerprint density at radius 3 is 2.63 bits per heavy atom. The Morgan fingerprint density at radius 2 is 2.00 bits per heavy atom. The Kier molecular flexibility index (Phi) is 5.08. The molecule has 2 heterocycles. The van der Waals surface area contributed by atoms with Gasteiger partial charge in [-0.3, -0.25) is 4.79 Å². The maximum Gasteiger partial charge on any atom is 0.346 e. The number of aromatic amines is 1. The molecule has 0 unspecified atom stereocenters. The zero-order valence-electron chi connectivity index (χ0n) is 16.2. The van der Waals surface area contributed by atoms with Crippen LogP contribution in [0.1, 0.15) is 66.8 Å². The molecule has 1 saturated carbocycles. The second-order valence-electron chi connectivity index (χ2n) is 7.44. The number of hydrogen-bond donors (Lipinski definition) is 2. The highest BCUT2D eigenvalue weighted by Crippen LogP contribution is 2.36. The Labute approximate surface area is 158 Å². The maximum atomic E-state index is 12.8. The molecule has 1 saturated heterocycles. The van der Waals surface area contributed by atoms with Crippen molar-refractivity contribution in [1.82, 2.24) is 15.3 Å². The molecule has 3 rings (SSSR count). The maximum absolute atomic E-state index is 12.8. The third kappa shape index (κ3) is 3.36. The summed E-state index contributed by atoms with van der Waals surface area (Å²) >= 11 is 0. The van der Waals surface area contributed by atoms with E-state index in [-0.39, 0.29) is 12.5 Å². The van der Waals surface area contributed by atoms with Gasteiger partial charge in [-0.1, -0.05) is 6.92 Å². The van der Waals surface area contributed by atoms with Gasteiger partial charge in [0.05, 0.1) is 24.1 Å². The molecule has 27 heavy (non-hydrogen) atoms. The van der Waals surface area contributed by atoms with Gasteiger partial charge in [-0.2, -0.15) is 5.10 Å². The molecule has 0 aromatic carbocycles. The van der Waals surface area contributed by atoms with Crippen molar-refractivity contribution in [2.24, 2.45) is 11.0 Å². The fourth-order valence-corrected chi connectivity index (χ4v) is 3.83. The Morgan fingerprint density at radius 1 is 1.33 bits per heavy atom. The molecule has 8 heteroatoms. The zero-order chi connectivity index (χ0) is 19.8.